The van der Waals surface area contributed by atoms with Gasteiger partial charge in [0.2, 0.25) is 5.70 Å². The summed E-state index contributed by atoms with van der Waals surface area (Å²) in [6, 6.07) is 1.40. The highest BCUT2D eigenvalue weighted by molar-refractivity contribution is 6.42. The van der Waals surface area contributed by atoms with Crippen LogP contribution in [-0.2, 0) is 14.3 Å². The molecule has 248 valence electrons. The number of nitrogens with zero attached hydrogens (tertiary/aromatic N) is 2. The van der Waals surface area contributed by atoms with Crippen molar-refractivity contribution in [3.8, 4) is 0 Å². The largest absolute Gasteiger partial charge is 0.481 e. The van der Waals surface area contributed by atoms with Gasteiger partial charge in [-0.15, -0.1) is 0 Å². The smallest absolute Gasteiger partial charge is 0.467 e. The molecule has 3 aliphatic rings. The minimum Gasteiger partial charge on any atom is -0.481 e. The number of Topliss-reactive ketones (excluding diaryl/α,β-unsaturated/α-hetero) is 1. The first kappa shape index (κ1) is 35.7. The lowest BCUT2D eigenvalue weighted by atomic mass is 9.71. The third-order valence-electron chi connectivity index (χ3n) is 10.1. The third-order valence-corrected chi connectivity index (χ3v) is 10.9. The number of hydrogen-bond donors (Lipinski definition) is 2. The van der Waals surface area contributed by atoms with Crippen LogP contribution >= 0.6 is 34.8 Å². The van der Waals surface area contributed by atoms with Crippen molar-refractivity contribution in [1.29, 1.82) is 5.41 Å². The van der Waals surface area contributed by atoms with E-state index in [1.165, 1.54) is 26.2 Å². The number of allylic oxidation sites excluding steroid dienone is 1. The third kappa shape index (κ3) is 7.22. The Morgan fingerprint density at radius 2 is 1.58 bits per heavy atom. The van der Waals surface area contributed by atoms with Crippen LogP contribution in [0.15, 0.2) is 23.4 Å². The zero-order valence-corrected chi connectivity index (χ0v) is 27.7. The number of quaternary nitrogens is 1. The fourth-order valence-corrected chi connectivity index (χ4v) is 8.10. The van der Waals surface area contributed by atoms with E-state index in [0.717, 1.165) is 4.90 Å². The summed E-state index contributed by atoms with van der Waals surface area (Å²) in [6.07, 6.45) is -1.70. The zero-order chi connectivity index (χ0) is 33.5. The number of hydrogen-bond acceptors (Lipinski definition) is 5. The van der Waals surface area contributed by atoms with Gasteiger partial charge in [-0.1, -0.05) is 34.8 Å². The van der Waals surface area contributed by atoms with Gasteiger partial charge in [-0.05, 0) is 57.6 Å². The van der Waals surface area contributed by atoms with Crippen LogP contribution in [-0.4, -0.2) is 90.5 Å². The van der Waals surface area contributed by atoms with Gasteiger partial charge in [-0.2, -0.15) is 13.2 Å². The molecular formula is C31H38Cl3F3N3O5+. The van der Waals surface area contributed by atoms with Gasteiger partial charge in [-0.3, -0.25) is 18.9 Å². The summed E-state index contributed by atoms with van der Waals surface area (Å²) in [6.45, 7) is 2.11. The van der Waals surface area contributed by atoms with Crippen LogP contribution in [0.25, 0.3) is 0 Å². The number of ketones is 1. The maximum absolute atomic E-state index is 15.0. The van der Waals surface area contributed by atoms with E-state index in [0.29, 0.717) is 45.1 Å². The van der Waals surface area contributed by atoms with Gasteiger partial charge in [0.1, 0.15) is 5.57 Å². The summed E-state index contributed by atoms with van der Waals surface area (Å²) in [5.74, 6) is -2.76. The van der Waals surface area contributed by atoms with E-state index < -0.39 is 63.6 Å². The molecular weight excluding hydrogens is 658 g/mol. The standard InChI is InChI=1S/C31H37Cl3F3N3O5/c1-29(28(43)44)8-6-20(7-9-29)40(2,3)26(31(35,36)37)21(14-38)27(42)39(19-4-10-30(11-5-19)16-45-17-30)15-24(41)25-22(33)12-18(32)13-23(25)34/h12-14,19-20,38H,4-11,15-17H2,1-3H3/p+1. The summed E-state index contributed by atoms with van der Waals surface area (Å²) in [5, 5.41) is 17.8. The van der Waals surface area contributed by atoms with Crippen molar-refractivity contribution in [2.45, 2.75) is 76.6 Å². The molecule has 1 heterocycles. The second-order valence-electron chi connectivity index (χ2n) is 13.4. The second kappa shape index (κ2) is 13.1. The van der Waals surface area contributed by atoms with Crippen molar-refractivity contribution in [3.63, 3.8) is 0 Å². The number of benzene rings is 1. The number of aliphatic carboxylic acids is 1. The average Bonchev–Trinajstić information content (AvgIpc) is 2.92. The Balaban J connectivity index is 1.74. The number of nitrogens with one attached hydrogen (secondary N) is 1. The van der Waals surface area contributed by atoms with Crippen molar-refractivity contribution in [1.82, 2.24) is 4.90 Å². The van der Waals surface area contributed by atoms with Crippen LogP contribution in [0.4, 0.5) is 13.2 Å². The Morgan fingerprint density at radius 1 is 1.04 bits per heavy atom. The van der Waals surface area contributed by atoms with Gasteiger partial charge in [-0.25, -0.2) is 0 Å². The molecule has 4 rings (SSSR count). The number of carbonyl (C=O) groups excluding carboxylic acids is 2. The molecule has 1 aromatic rings. The van der Waals surface area contributed by atoms with Gasteiger partial charge in [0.15, 0.2) is 5.78 Å². The molecule has 0 aromatic heterocycles. The molecule has 0 radical (unpaired) electrons. The van der Waals surface area contributed by atoms with Gasteiger partial charge < -0.3 is 20.2 Å². The van der Waals surface area contributed by atoms with Gasteiger partial charge in [0.05, 0.1) is 60.9 Å². The van der Waals surface area contributed by atoms with Crippen LogP contribution in [0.3, 0.4) is 0 Å². The van der Waals surface area contributed by atoms with Crippen LogP contribution in [0.1, 0.15) is 68.6 Å². The van der Waals surface area contributed by atoms with Crippen molar-refractivity contribution in [2.75, 3.05) is 33.9 Å². The van der Waals surface area contributed by atoms with E-state index >= 15 is 13.2 Å². The normalized spacial score (nSPS) is 24.4. The predicted octanol–water partition coefficient (Wildman–Crippen LogP) is 7.19. The maximum Gasteiger partial charge on any atom is 0.467 e. The second-order valence-corrected chi connectivity index (χ2v) is 14.6. The molecule has 45 heavy (non-hydrogen) atoms. The van der Waals surface area contributed by atoms with Gasteiger partial charge >= 0.3 is 12.1 Å². The van der Waals surface area contributed by atoms with Crippen LogP contribution in [0.5, 0.6) is 0 Å². The molecule has 8 nitrogen and oxygen atoms in total. The Bertz CT molecular complexity index is 1370. The molecule has 1 aromatic carbocycles. The highest BCUT2D eigenvalue weighted by Crippen LogP contribution is 2.46. The molecule has 2 saturated carbocycles. The number of carboxylic acids is 1. The molecule has 1 spiro atoms. The van der Waals surface area contributed by atoms with Crippen LogP contribution < -0.4 is 0 Å². The number of carboxylic acid groups (broad SMARTS) is 1. The Kier molecular flexibility index (Phi) is 10.4. The minimum atomic E-state index is -5.02. The fraction of sp³-hybridized carbons (Fsp3) is 0.613. The summed E-state index contributed by atoms with van der Waals surface area (Å²) in [4.78, 5) is 40.8. The molecule has 0 atom stereocenters. The molecule has 2 aliphatic carbocycles. The number of ether oxygens (including phenoxy) is 1. The lowest BCUT2D eigenvalue weighted by molar-refractivity contribution is -0.889. The Morgan fingerprint density at radius 3 is 2.00 bits per heavy atom. The summed E-state index contributed by atoms with van der Waals surface area (Å²) in [5.41, 5.74) is -3.28. The first-order valence-corrected chi connectivity index (χ1v) is 15.9. The maximum atomic E-state index is 15.0. The lowest BCUT2D eigenvalue weighted by Gasteiger charge is -2.48. The predicted molar refractivity (Wildman–Crippen MR) is 165 cm³/mol. The first-order chi connectivity index (χ1) is 20.8. The molecule has 0 unspecified atom stereocenters. The Labute approximate surface area is 275 Å². The van der Waals surface area contributed by atoms with Crippen LogP contribution in [0, 0.1) is 16.2 Å². The van der Waals surface area contributed by atoms with E-state index in [-0.39, 0.29) is 51.7 Å². The fourth-order valence-electron chi connectivity index (χ4n) is 7.07. The molecule has 14 heteroatoms. The number of alkyl halides is 3. The van der Waals surface area contributed by atoms with E-state index in [4.69, 9.17) is 44.9 Å². The zero-order valence-electron chi connectivity index (χ0n) is 25.4. The quantitative estimate of drug-likeness (QED) is 0.123. The van der Waals surface area contributed by atoms with Crippen molar-refractivity contribution >= 4 is 58.7 Å². The number of halogens is 6. The average molecular weight is 696 g/mol. The van der Waals surface area contributed by atoms with E-state index in [1.54, 1.807) is 6.92 Å². The monoisotopic (exact) mass is 694 g/mol. The molecule has 0 bridgehead atoms. The van der Waals surface area contributed by atoms with Crippen molar-refractivity contribution in [3.05, 3.63) is 44.0 Å². The summed E-state index contributed by atoms with van der Waals surface area (Å²) in [7, 11) is 2.66. The lowest BCUT2D eigenvalue weighted by Crippen LogP contribution is -2.56. The molecule has 3 fully saturated rings. The molecule has 1 aliphatic heterocycles. The van der Waals surface area contributed by atoms with Gasteiger partial charge in [0, 0.05) is 35.5 Å². The van der Waals surface area contributed by atoms with Crippen LogP contribution in [0.2, 0.25) is 15.1 Å². The highest BCUT2D eigenvalue weighted by Gasteiger charge is 2.54. The van der Waals surface area contributed by atoms with E-state index in [2.05, 4.69) is 0 Å². The molecule has 1 saturated heterocycles. The van der Waals surface area contributed by atoms with Gasteiger partial charge in [0.25, 0.3) is 5.91 Å². The highest BCUT2D eigenvalue weighted by atomic mass is 35.5. The van der Waals surface area contributed by atoms with Crippen molar-refractivity contribution < 1.29 is 41.9 Å². The van der Waals surface area contributed by atoms with Crippen molar-refractivity contribution in [2.24, 2.45) is 10.8 Å². The number of rotatable bonds is 9. The molecule has 1 amide bonds. The summed E-state index contributed by atoms with van der Waals surface area (Å²) < 4.78 is 49.6. The Hall–Kier alpha value is -2.18. The molecule has 2 N–H and O–H groups in total. The number of amides is 1. The summed E-state index contributed by atoms with van der Waals surface area (Å²) >= 11 is 18.6. The first-order valence-electron chi connectivity index (χ1n) is 14.8. The minimum absolute atomic E-state index is 0.0420. The SMILES string of the molecule is CC1(C(=O)O)CCC([N+](C)(C)C(=C(C=N)C(=O)N(CC(=O)c2c(Cl)cc(Cl)cc2Cl)C2CCC3(CC2)COC3)C(F)(F)F)CC1. The van der Waals surface area contributed by atoms with E-state index in [9.17, 15) is 19.5 Å². The number of carbonyl (C=O) groups is 3. The van der Waals surface area contributed by atoms with E-state index in [1.807, 2.05) is 0 Å². The topological polar surface area (TPSA) is 108 Å².